The summed E-state index contributed by atoms with van der Waals surface area (Å²) in [7, 11) is 0. The number of nitrogens with zero attached hydrogens (tertiary/aromatic N) is 1. The van der Waals surface area contributed by atoms with E-state index in [0.717, 1.165) is 5.56 Å². The van der Waals surface area contributed by atoms with E-state index in [-0.39, 0.29) is 17.4 Å². The summed E-state index contributed by atoms with van der Waals surface area (Å²) in [5.41, 5.74) is 0.902. The maximum absolute atomic E-state index is 10.3. The molecule has 0 saturated heterocycles. The van der Waals surface area contributed by atoms with Crippen molar-refractivity contribution < 1.29 is 4.92 Å². The highest BCUT2D eigenvalue weighted by Gasteiger charge is 2.08. The summed E-state index contributed by atoms with van der Waals surface area (Å²) >= 11 is 0. The van der Waals surface area contributed by atoms with Gasteiger partial charge in [-0.05, 0) is 18.6 Å². The SMILES string of the molecule is CC[C@@H](C#Cc1ccccc1)C[N+](=O)[O-]. The lowest BCUT2D eigenvalue weighted by Crippen LogP contribution is -2.11. The molecule has 1 atom stereocenters. The van der Waals surface area contributed by atoms with Crippen LogP contribution in [0.1, 0.15) is 18.9 Å². The minimum atomic E-state index is -0.312. The van der Waals surface area contributed by atoms with E-state index < -0.39 is 0 Å². The van der Waals surface area contributed by atoms with E-state index in [0.29, 0.717) is 6.42 Å². The Labute approximate surface area is 89.3 Å². The molecule has 0 spiro atoms. The van der Waals surface area contributed by atoms with Gasteiger partial charge in [-0.2, -0.15) is 0 Å². The Morgan fingerprint density at radius 1 is 1.40 bits per heavy atom. The second-order valence-corrected chi connectivity index (χ2v) is 3.26. The Morgan fingerprint density at radius 2 is 2.07 bits per heavy atom. The first-order valence-corrected chi connectivity index (χ1v) is 4.90. The van der Waals surface area contributed by atoms with Gasteiger partial charge in [-0.1, -0.05) is 37.0 Å². The summed E-state index contributed by atoms with van der Waals surface area (Å²) in [6.07, 6.45) is 0.709. The van der Waals surface area contributed by atoms with Gasteiger partial charge in [0.15, 0.2) is 0 Å². The van der Waals surface area contributed by atoms with Gasteiger partial charge in [-0.3, -0.25) is 10.1 Å². The summed E-state index contributed by atoms with van der Waals surface area (Å²) in [5.74, 6) is 5.72. The van der Waals surface area contributed by atoms with E-state index in [1.54, 1.807) is 0 Å². The molecule has 3 nitrogen and oxygen atoms in total. The first-order chi connectivity index (χ1) is 7.22. The minimum absolute atomic E-state index is 0.0731. The molecule has 15 heavy (non-hydrogen) atoms. The number of hydrogen-bond donors (Lipinski definition) is 0. The molecule has 0 unspecified atom stereocenters. The summed E-state index contributed by atoms with van der Waals surface area (Å²) < 4.78 is 0. The van der Waals surface area contributed by atoms with Gasteiger partial charge in [0.1, 0.15) is 0 Å². The molecular formula is C12H13NO2. The van der Waals surface area contributed by atoms with Crippen molar-refractivity contribution in [3.63, 3.8) is 0 Å². The fourth-order valence-electron chi connectivity index (χ4n) is 1.16. The largest absolute Gasteiger partial charge is 0.264 e. The van der Waals surface area contributed by atoms with E-state index >= 15 is 0 Å². The molecule has 0 saturated carbocycles. The monoisotopic (exact) mass is 203 g/mol. The highest BCUT2D eigenvalue weighted by molar-refractivity contribution is 5.34. The van der Waals surface area contributed by atoms with E-state index in [1.165, 1.54) is 0 Å². The van der Waals surface area contributed by atoms with Crippen LogP contribution in [0.25, 0.3) is 0 Å². The third-order valence-electron chi connectivity index (χ3n) is 2.06. The van der Waals surface area contributed by atoms with Crippen LogP contribution in [0.2, 0.25) is 0 Å². The lowest BCUT2D eigenvalue weighted by atomic mass is 10.1. The Morgan fingerprint density at radius 3 is 2.60 bits per heavy atom. The number of benzene rings is 1. The van der Waals surface area contributed by atoms with Crippen LogP contribution in [0.5, 0.6) is 0 Å². The van der Waals surface area contributed by atoms with Crippen LogP contribution >= 0.6 is 0 Å². The summed E-state index contributed by atoms with van der Waals surface area (Å²) in [5, 5.41) is 10.3. The minimum Gasteiger partial charge on any atom is -0.264 e. The lowest BCUT2D eigenvalue weighted by Gasteiger charge is -1.99. The van der Waals surface area contributed by atoms with Crippen LogP contribution in [0.3, 0.4) is 0 Å². The van der Waals surface area contributed by atoms with E-state index in [2.05, 4.69) is 11.8 Å². The Balaban J connectivity index is 2.66. The third kappa shape index (κ3) is 4.28. The average molecular weight is 203 g/mol. The standard InChI is InChI=1S/C12H13NO2/c1-2-11(10-13(14)15)8-9-12-6-4-3-5-7-12/h3-7,11H,2,10H2,1H3/t11-/m0/s1. The van der Waals surface area contributed by atoms with Gasteiger partial charge >= 0.3 is 0 Å². The number of nitro groups is 1. The first-order valence-electron chi connectivity index (χ1n) is 4.90. The summed E-state index contributed by atoms with van der Waals surface area (Å²) in [6, 6.07) is 9.51. The van der Waals surface area contributed by atoms with Crippen LogP contribution in [0.4, 0.5) is 0 Å². The number of rotatable bonds is 3. The van der Waals surface area contributed by atoms with Crippen molar-refractivity contribution in [3.8, 4) is 11.8 Å². The molecule has 78 valence electrons. The van der Waals surface area contributed by atoms with Crippen molar-refractivity contribution in [2.45, 2.75) is 13.3 Å². The number of hydrogen-bond acceptors (Lipinski definition) is 2. The molecule has 0 aliphatic rings. The Hall–Kier alpha value is -1.82. The van der Waals surface area contributed by atoms with Gasteiger partial charge in [0.05, 0.1) is 5.92 Å². The van der Waals surface area contributed by atoms with Gasteiger partial charge in [-0.25, -0.2) is 0 Å². The smallest absolute Gasteiger partial charge is 0.217 e. The zero-order valence-corrected chi connectivity index (χ0v) is 8.64. The van der Waals surface area contributed by atoms with Crippen LogP contribution in [0.15, 0.2) is 30.3 Å². The normalized spacial score (nSPS) is 11.3. The molecule has 0 radical (unpaired) electrons. The van der Waals surface area contributed by atoms with Crippen LogP contribution in [-0.2, 0) is 0 Å². The second kappa shape index (κ2) is 5.82. The van der Waals surface area contributed by atoms with Crippen molar-refractivity contribution in [2.24, 2.45) is 5.92 Å². The lowest BCUT2D eigenvalue weighted by molar-refractivity contribution is -0.485. The molecule has 1 aromatic rings. The van der Waals surface area contributed by atoms with Crippen molar-refractivity contribution in [1.29, 1.82) is 0 Å². The third-order valence-corrected chi connectivity index (χ3v) is 2.06. The predicted molar refractivity (Wildman–Crippen MR) is 59.0 cm³/mol. The molecule has 0 fully saturated rings. The molecule has 0 amide bonds. The first kappa shape index (κ1) is 11.3. The summed E-state index contributed by atoms with van der Waals surface area (Å²) in [6.45, 7) is 1.84. The Bertz CT molecular complexity index is 376. The van der Waals surface area contributed by atoms with Gasteiger partial charge in [0, 0.05) is 10.5 Å². The molecule has 1 aromatic carbocycles. The molecular weight excluding hydrogens is 190 g/mol. The van der Waals surface area contributed by atoms with Crippen molar-refractivity contribution >= 4 is 0 Å². The van der Waals surface area contributed by atoms with Gasteiger partial charge in [0.25, 0.3) is 0 Å². The zero-order chi connectivity index (χ0) is 11.1. The van der Waals surface area contributed by atoms with Crippen molar-refractivity contribution in [1.82, 2.24) is 0 Å². The second-order valence-electron chi connectivity index (χ2n) is 3.26. The van der Waals surface area contributed by atoms with Crippen LogP contribution in [0, 0.1) is 27.9 Å². The molecule has 0 bridgehead atoms. The highest BCUT2D eigenvalue weighted by Crippen LogP contribution is 2.02. The van der Waals surface area contributed by atoms with Crippen LogP contribution < -0.4 is 0 Å². The van der Waals surface area contributed by atoms with Gasteiger partial charge < -0.3 is 0 Å². The van der Waals surface area contributed by atoms with Crippen molar-refractivity contribution in [2.75, 3.05) is 6.54 Å². The molecule has 3 heteroatoms. The molecule has 0 heterocycles. The molecule has 1 rings (SSSR count). The maximum atomic E-state index is 10.3. The topological polar surface area (TPSA) is 43.1 Å². The quantitative estimate of drug-likeness (QED) is 0.430. The van der Waals surface area contributed by atoms with E-state index in [1.807, 2.05) is 37.3 Å². The molecule has 0 N–H and O–H groups in total. The van der Waals surface area contributed by atoms with E-state index in [9.17, 15) is 10.1 Å². The zero-order valence-electron chi connectivity index (χ0n) is 8.64. The van der Waals surface area contributed by atoms with Crippen molar-refractivity contribution in [3.05, 3.63) is 46.0 Å². The van der Waals surface area contributed by atoms with E-state index in [4.69, 9.17) is 0 Å². The van der Waals surface area contributed by atoms with Crippen LogP contribution in [-0.4, -0.2) is 11.5 Å². The average Bonchev–Trinajstić information content (AvgIpc) is 2.25. The fraction of sp³-hybridized carbons (Fsp3) is 0.333. The highest BCUT2D eigenvalue weighted by atomic mass is 16.6. The van der Waals surface area contributed by atoms with Gasteiger partial charge in [-0.15, -0.1) is 0 Å². The van der Waals surface area contributed by atoms with Gasteiger partial charge in [0.2, 0.25) is 6.54 Å². The maximum Gasteiger partial charge on any atom is 0.217 e. The molecule has 0 aliphatic carbocycles. The Kier molecular flexibility index (Phi) is 4.36. The summed E-state index contributed by atoms with van der Waals surface area (Å²) in [4.78, 5) is 10.0. The molecule has 0 aromatic heterocycles. The predicted octanol–water partition coefficient (Wildman–Crippen LogP) is 2.34. The molecule has 0 aliphatic heterocycles. The fourth-order valence-corrected chi connectivity index (χ4v) is 1.16.